The smallest absolute Gasteiger partial charge is 0.255 e. The van der Waals surface area contributed by atoms with Gasteiger partial charge in [0.25, 0.3) is 5.91 Å². The summed E-state index contributed by atoms with van der Waals surface area (Å²) in [5, 5.41) is 3.42. The van der Waals surface area contributed by atoms with Crippen LogP contribution in [0.1, 0.15) is 37.4 Å². The second-order valence-electron chi connectivity index (χ2n) is 8.63. The molecule has 5 heterocycles. The maximum atomic E-state index is 13.3. The topological polar surface area (TPSA) is 49.6 Å². The molecule has 2 aromatic rings. The summed E-state index contributed by atoms with van der Waals surface area (Å²) < 4.78 is 2.04. The van der Waals surface area contributed by atoms with Crippen LogP contribution in [0.25, 0.3) is 11.2 Å². The number of aryl methyl sites for hydroxylation is 1. The Labute approximate surface area is 177 Å². The van der Waals surface area contributed by atoms with Crippen LogP contribution in [0.5, 0.6) is 0 Å². The molecule has 5 rings (SSSR count). The molecule has 0 spiro atoms. The molecule has 1 saturated heterocycles. The minimum absolute atomic E-state index is 0.0282. The fourth-order valence-electron chi connectivity index (χ4n) is 4.71. The highest BCUT2D eigenvalue weighted by Crippen LogP contribution is 2.33. The summed E-state index contributed by atoms with van der Waals surface area (Å²) >= 11 is 0. The maximum Gasteiger partial charge on any atom is 0.255 e. The number of hydrogen-bond donors (Lipinski definition) is 1. The Morgan fingerprint density at radius 2 is 1.97 bits per heavy atom. The van der Waals surface area contributed by atoms with Gasteiger partial charge in [-0.15, -0.1) is 0 Å². The highest BCUT2D eigenvalue weighted by molar-refractivity contribution is 5.98. The SMILES string of the molecule is Cc1cn2cc(C3=CC(=O)N4C=C(C5CCNCC5)C=CC4=CCC3C)ccc2n1. The van der Waals surface area contributed by atoms with Gasteiger partial charge in [-0.05, 0) is 86.0 Å². The zero-order valence-corrected chi connectivity index (χ0v) is 17.6. The Bertz CT molecular complexity index is 1110. The van der Waals surface area contributed by atoms with Crippen molar-refractivity contribution in [3.05, 3.63) is 77.6 Å². The first-order valence-electron chi connectivity index (χ1n) is 10.9. The largest absolute Gasteiger partial charge is 0.317 e. The molecule has 5 nitrogen and oxygen atoms in total. The lowest BCUT2D eigenvalue weighted by atomic mass is 9.87. The Hall–Kier alpha value is -2.92. The van der Waals surface area contributed by atoms with Gasteiger partial charge in [-0.25, -0.2) is 4.98 Å². The Morgan fingerprint density at radius 3 is 2.80 bits per heavy atom. The molecule has 1 N–H and O–H groups in total. The molecule has 0 aliphatic carbocycles. The zero-order chi connectivity index (χ0) is 20.7. The monoisotopic (exact) mass is 400 g/mol. The molecular weight excluding hydrogens is 372 g/mol. The summed E-state index contributed by atoms with van der Waals surface area (Å²) in [5.41, 5.74) is 6.33. The van der Waals surface area contributed by atoms with E-state index < -0.39 is 0 Å². The highest BCUT2D eigenvalue weighted by atomic mass is 16.2. The van der Waals surface area contributed by atoms with Crippen LogP contribution in [0.3, 0.4) is 0 Å². The third-order valence-electron chi connectivity index (χ3n) is 6.45. The Morgan fingerprint density at radius 1 is 1.13 bits per heavy atom. The van der Waals surface area contributed by atoms with Gasteiger partial charge in [0.2, 0.25) is 0 Å². The summed E-state index contributed by atoms with van der Waals surface area (Å²) in [6, 6.07) is 4.11. The molecule has 1 unspecified atom stereocenters. The molecule has 5 heteroatoms. The Balaban J connectivity index is 1.49. The molecule has 30 heavy (non-hydrogen) atoms. The average molecular weight is 401 g/mol. The fraction of sp³-hybridized carbons (Fsp3) is 0.360. The number of aromatic nitrogens is 2. The molecule has 1 amide bonds. The normalized spacial score (nSPS) is 22.9. The van der Waals surface area contributed by atoms with E-state index in [-0.39, 0.29) is 11.8 Å². The van der Waals surface area contributed by atoms with Crippen LogP contribution in [-0.4, -0.2) is 33.3 Å². The highest BCUT2D eigenvalue weighted by Gasteiger charge is 2.25. The predicted octanol–water partition coefficient (Wildman–Crippen LogP) is 4.23. The van der Waals surface area contributed by atoms with Gasteiger partial charge in [0.1, 0.15) is 5.65 Å². The fourth-order valence-corrected chi connectivity index (χ4v) is 4.71. The van der Waals surface area contributed by atoms with E-state index in [4.69, 9.17) is 0 Å². The number of nitrogens with one attached hydrogen (secondary N) is 1. The van der Waals surface area contributed by atoms with E-state index in [0.29, 0.717) is 5.92 Å². The summed E-state index contributed by atoms with van der Waals surface area (Å²) in [7, 11) is 0. The maximum absolute atomic E-state index is 13.3. The van der Waals surface area contributed by atoms with Gasteiger partial charge >= 0.3 is 0 Å². The van der Waals surface area contributed by atoms with Gasteiger partial charge in [0.05, 0.1) is 5.69 Å². The van der Waals surface area contributed by atoms with E-state index in [1.54, 1.807) is 0 Å². The van der Waals surface area contributed by atoms with Crippen LogP contribution in [0.2, 0.25) is 0 Å². The second-order valence-corrected chi connectivity index (χ2v) is 8.63. The van der Waals surface area contributed by atoms with Gasteiger partial charge in [0, 0.05) is 30.4 Å². The second kappa shape index (κ2) is 7.73. The van der Waals surface area contributed by atoms with Crippen LogP contribution >= 0.6 is 0 Å². The van der Waals surface area contributed by atoms with Gasteiger partial charge in [0.15, 0.2) is 0 Å². The first kappa shape index (κ1) is 19.1. The summed E-state index contributed by atoms with van der Waals surface area (Å²) in [6.07, 6.45) is 17.7. The Kier molecular flexibility index (Phi) is 4.91. The quantitative estimate of drug-likeness (QED) is 0.821. The lowest BCUT2D eigenvalue weighted by Gasteiger charge is -2.31. The lowest BCUT2D eigenvalue weighted by molar-refractivity contribution is -0.122. The molecule has 3 aliphatic rings. The number of imidazole rings is 1. The first-order chi connectivity index (χ1) is 14.6. The summed E-state index contributed by atoms with van der Waals surface area (Å²) in [4.78, 5) is 19.7. The number of amides is 1. The zero-order valence-electron chi connectivity index (χ0n) is 17.6. The van der Waals surface area contributed by atoms with Crippen molar-refractivity contribution in [3.8, 4) is 0 Å². The number of pyridine rings is 1. The third-order valence-corrected chi connectivity index (χ3v) is 6.45. The van der Waals surface area contributed by atoms with E-state index in [9.17, 15) is 4.79 Å². The number of nitrogens with zero attached hydrogens (tertiary/aromatic N) is 3. The first-order valence-corrected chi connectivity index (χ1v) is 10.9. The van der Waals surface area contributed by atoms with E-state index in [1.807, 2.05) is 34.6 Å². The minimum atomic E-state index is 0.0282. The van der Waals surface area contributed by atoms with Crippen molar-refractivity contribution in [1.29, 1.82) is 0 Å². The van der Waals surface area contributed by atoms with Crippen molar-refractivity contribution in [2.75, 3.05) is 13.1 Å². The molecule has 154 valence electrons. The number of fused-ring (bicyclic) bond motifs is 2. The standard InChI is InChI=1S/C25H28N4O/c1-17-3-6-22-7-4-20(19-9-11-26-12-10-19)16-29(22)25(30)13-23(17)21-5-8-24-27-18(2)14-28(24)15-21/h4-8,13-17,19,26H,3,9-12H2,1-2H3. The molecule has 3 aliphatic heterocycles. The molecule has 0 radical (unpaired) electrons. The number of carbonyl (C=O) groups is 1. The minimum Gasteiger partial charge on any atom is -0.317 e. The molecule has 0 bridgehead atoms. The molecule has 1 fully saturated rings. The van der Waals surface area contributed by atoms with Gasteiger partial charge < -0.3 is 9.72 Å². The number of hydrogen-bond acceptors (Lipinski definition) is 3. The van der Waals surface area contributed by atoms with E-state index in [2.05, 4.69) is 53.9 Å². The van der Waals surface area contributed by atoms with E-state index in [0.717, 1.165) is 60.5 Å². The van der Waals surface area contributed by atoms with Crippen LogP contribution in [0, 0.1) is 18.8 Å². The van der Waals surface area contributed by atoms with E-state index in [1.165, 1.54) is 5.57 Å². The molecule has 1 atom stereocenters. The third kappa shape index (κ3) is 3.54. The molecule has 0 aromatic carbocycles. The van der Waals surface area contributed by atoms with Crippen LogP contribution in [0.15, 0.2) is 66.3 Å². The van der Waals surface area contributed by atoms with Crippen molar-refractivity contribution >= 4 is 17.1 Å². The molecular formula is C25H28N4O. The lowest BCUT2D eigenvalue weighted by Crippen LogP contribution is -2.31. The van der Waals surface area contributed by atoms with Crippen molar-refractivity contribution in [2.45, 2.75) is 33.1 Å². The van der Waals surface area contributed by atoms with Gasteiger partial charge in [-0.3, -0.25) is 9.69 Å². The van der Waals surface area contributed by atoms with Crippen LogP contribution < -0.4 is 5.32 Å². The number of allylic oxidation sites excluding steroid dienone is 5. The van der Waals surface area contributed by atoms with E-state index >= 15 is 0 Å². The summed E-state index contributed by atoms with van der Waals surface area (Å²) in [6.45, 7) is 6.28. The van der Waals surface area contributed by atoms with Gasteiger partial charge in [-0.1, -0.05) is 19.1 Å². The van der Waals surface area contributed by atoms with Crippen LogP contribution in [-0.2, 0) is 4.79 Å². The van der Waals surface area contributed by atoms with Crippen molar-refractivity contribution in [3.63, 3.8) is 0 Å². The average Bonchev–Trinajstić information content (AvgIpc) is 3.14. The van der Waals surface area contributed by atoms with Crippen molar-refractivity contribution in [1.82, 2.24) is 19.6 Å². The number of piperidine rings is 1. The number of carbonyl (C=O) groups excluding carboxylic acids is 1. The molecule has 0 saturated carbocycles. The van der Waals surface area contributed by atoms with Crippen molar-refractivity contribution in [2.24, 2.45) is 11.8 Å². The van der Waals surface area contributed by atoms with Gasteiger partial charge in [-0.2, -0.15) is 0 Å². The predicted molar refractivity (Wildman–Crippen MR) is 119 cm³/mol. The summed E-state index contributed by atoms with van der Waals surface area (Å²) in [5.74, 6) is 0.811. The van der Waals surface area contributed by atoms with Crippen molar-refractivity contribution < 1.29 is 4.79 Å². The number of rotatable bonds is 2. The molecule has 2 aromatic heterocycles. The van der Waals surface area contributed by atoms with Crippen LogP contribution in [0.4, 0.5) is 0 Å².